The number of rotatable bonds is 2. The Labute approximate surface area is 186 Å². The Kier molecular flexibility index (Phi) is 5.90. The standard InChI is InChI=1S/C24H27IN2O2/c1-14-16(3)22(25)17(4)15(2)21(14)18-10-11-26-19(13-18)20-9-8-12-27(20)23(28)29-24(5,6)7/h8-13H,1-7H3. The fourth-order valence-corrected chi connectivity index (χ4v) is 4.29. The van der Waals surface area contributed by atoms with Crippen molar-refractivity contribution in [2.45, 2.75) is 54.1 Å². The highest BCUT2D eigenvalue weighted by molar-refractivity contribution is 14.1. The van der Waals surface area contributed by atoms with Crippen LogP contribution in [0.1, 0.15) is 43.0 Å². The zero-order valence-electron chi connectivity index (χ0n) is 18.1. The second-order valence-corrected chi connectivity index (χ2v) is 9.44. The van der Waals surface area contributed by atoms with Crippen LogP contribution >= 0.6 is 22.6 Å². The van der Waals surface area contributed by atoms with E-state index in [1.165, 1.54) is 36.0 Å². The minimum Gasteiger partial charge on any atom is -0.443 e. The SMILES string of the molecule is Cc1c(C)c(-c2ccnc(-c3cccn3C(=O)OC(C)(C)C)c2)c(C)c(C)c1I. The van der Waals surface area contributed by atoms with Crippen LogP contribution in [0.2, 0.25) is 0 Å². The van der Waals surface area contributed by atoms with E-state index in [2.05, 4.69) is 61.3 Å². The summed E-state index contributed by atoms with van der Waals surface area (Å²) in [4.78, 5) is 17.2. The quantitative estimate of drug-likeness (QED) is 0.361. The molecule has 0 unspecified atom stereocenters. The Hall–Kier alpha value is -2.15. The van der Waals surface area contributed by atoms with Crippen LogP contribution < -0.4 is 0 Å². The van der Waals surface area contributed by atoms with Crippen LogP contribution in [0.3, 0.4) is 0 Å². The largest absolute Gasteiger partial charge is 0.443 e. The first-order chi connectivity index (χ1) is 13.5. The van der Waals surface area contributed by atoms with Crippen molar-refractivity contribution in [2.24, 2.45) is 0 Å². The number of benzene rings is 1. The molecule has 0 aliphatic rings. The number of aromatic nitrogens is 2. The van der Waals surface area contributed by atoms with E-state index in [1.807, 2.05) is 39.0 Å². The number of halogens is 1. The molecule has 5 heteroatoms. The molecule has 0 saturated heterocycles. The molecule has 29 heavy (non-hydrogen) atoms. The van der Waals surface area contributed by atoms with Gasteiger partial charge < -0.3 is 4.74 Å². The third-order valence-corrected chi connectivity index (χ3v) is 6.80. The first kappa shape index (κ1) is 21.6. The Morgan fingerprint density at radius 2 is 1.66 bits per heavy atom. The van der Waals surface area contributed by atoms with Crippen molar-refractivity contribution in [3.63, 3.8) is 0 Å². The van der Waals surface area contributed by atoms with Gasteiger partial charge in [-0.1, -0.05) is 0 Å². The second kappa shape index (κ2) is 7.94. The summed E-state index contributed by atoms with van der Waals surface area (Å²) in [5, 5.41) is 0. The van der Waals surface area contributed by atoms with Crippen LogP contribution in [0.15, 0.2) is 36.7 Å². The first-order valence-electron chi connectivity index (χ1n) is 9.64. The van der Waals surface area contributed by atoms with Gasteiger partial charge in [-0.05, 0) is 129 Å². The van der Waals surface area contributed by atoms with Crippen molar-refractivity contribution in [2.75, 3.05) is 0 Å². The summed E-state index contributed by atoms with van der Waals surface area (Å²) in [7, 11) is 0. The second-order valence-electron chi connectivity index (χ2n) is 8.36. The van der Waals surface area contributed by atoms with Crippen molar-refractivity contribution in [3.05, 3.63) is 62.5 Å². The molecule has 2 heterocycles. The fourth-order valence-electron chi connectivity index (χ4n) is 3.49. The van der Waals surface area contributed by atoms with E-state index in [0.29, 0.717) is 0 Å². The van der Waals surface area contributed by atoms with Gasteiger partial charge in [-0.15, -0.1) is 0 Å². The van der Waals surface area contributed by atoms with Gasteiger partial charge in [0.2, 0.25) is 0 Å². The predicted octanol–water partition coefficient (Wildman–Crippen LogP) is 6.84. The van der Waals surface area contributed by atoms with E-state index in [-0.39, 0.29) is 0 Å². The molecule has 0 aliphatic heterocycles. The number of ether oxygens (including phenoxy) is 1. The van der Waals surface area contributed by atoms with Crippen LogP contribution in [-0.4, -0.2) is 21.2 Å². The third-order valence-electron chi connectivity index (χ3n) is 5.18. The highest BCUT2D eigenvalue weighted by Crippen LogP contribution is 2.36. The summed E-state index contributed by atoms with van der Waals surface area (Å²) in [6.45, 7) is 14.3. The normalized spacial score (nSPS) is 11.6. The minimum absolute atomic E-state index is 0.405. The zero-order valence-corrected chi connectivity index (χ0v) is 20.2. The van der Waals surface area contributed by atoms with Crippen LogP contribution in [0, 0.1) is 31.3 Å². The number of carbonyl (C=O) groups is 1. The summed E-state index contributed by atoms with van der Waals surface area (Å²) < 4.78 is 8.37. The molecule has 0 spiro atoms. The van der Waals surface area contributed by atoms with Crippen molar-refractivity contribution in [1.29, 1.82) is 0 Å². The lowest BCUT2D eigenvalue weighted by Crippen LogP contribution is -2.27. The van der Waals surface area contributed by atoms with Gasteiger partial charge in [-0.25, -0.2) is 4.79 Å². The summed E-state index contributed by atoms with van der Waals surface area (Å²) in [6.07, 6.45) is 3.12. The molecule has 0 fully saturated rings. The predicted molar refractivity (Wildman–Crippen MR) is 126 cm³/mol. The van der Waals surface area contributed by atoms with E-state index < -0.39 is 11.7 Å². The number of nitrogens with zero attached hydrogens (tertiary/aromatic N) is 2. The molecule has 0 aliphatic carbocycles. The van der Waals surface area contributed by atoms with E-state index >= 15 is 0 Å². The molecule has 3 aromatic rings. The molecule has 1 aromatic carbocycles. The molecule has 0 amide bonds. The van der Waals surface area contributed by atoms with E-state index in [0.717, 1.165) is 17.0 Å². The molecule has 0 saturated carbocycles. The van der Waals surface area contributed by atoms with E-state index in [1.54, 1.807) is 12.4 Å². The van der Waals surface area contributed by atoms with Crippen LogP contribution in [0.25, 0.3) is 22.5 Å². The third kappa shape index (κ3) is 4.25. The summed E-state index contributed by atoms with van der Waals surface area (Å²) >= 11 is 2.43. The van der Waals surface area contributed by atoms with Gasteiger partial charge >= 0.3 is 6.09 Å². The Morgan fingerprint density at radius 1 is 1.03 bits per heavy atom. The molecular formula is C24H27IN2O2. The molecule has 0 N–H and O–H groups in total. The van der Waals surface area contributed by atoms with Crippen molar-refractivity contribution in [1.82, 2.24) is 9.55 Å². The zero-order chi connectivity index (χ0) is 21.5. The Morgan fingerprint density at radius 3 is 2.24 bits per heavy atom. The highest BCUT2D eigenvalue weighted by atomic mass is 127. The molecular weight excluding hydrogens is 475 g/mol. The lowest BCUT2D eigenvalue weighted by atomic mass is 9.90. The fraction of sp³-hybridized carbons (Fsp3) is 0.333. The maximum atomic E-state index is 12.6. The van der Waals surface area contributed by atoms with Gasteiger partial charge in [0.05, 0.1) is 11.4 Å². The summed E-state index contributed by atoms with van der Waals surface area (Å²) in [6, 6.07) is 7.81. The molecule has 0 atom stereocenters. The highest BCUT2D eigenvalue weighted by Gasteiger charge is 2.21. The average molecular weight is 502 g/mol. The van der Waals surface area contributed by atoms with Crippen LogP contribution in [0.4, 0.5) is 4.79 Å². The molecule has 3 rings (SSSR count). The molecule has 2 aromatic heterocycles. The van der Waals surface area contributed by atoms with Crippen LogP contribution in [-0.2, 0) is 4.74 Å². The van der Waals surface area contributed by atoms with Crippen molar-refractivity contribution >= 4 is 28.7 Å². The monoisotopic (exact) mass is 502 g/mol. The van der Waals surface area contributed by atoms with Gasteiger partial charge in [0.25, 0.3) is 0 Å². The molecule has 0 radical (unpaired) electrons. The topological polar surface area (TPSA) is 44.1 Å². The van der Waals surface area contributed by atoms with E-state index in [9.17, 15) is 4.79 Å². The molecule has 0 bridgehead atoms. The van der Waals surface area contributed by atoms with Gasteiger partial charge in [0.15, 0.2) is 0 Å². The van der Waals surface area contributed by atoms with Gasteiger partial charge in [-0.3, -0.25) is 9.55 Å². The van der Waals surface area contributed by atoms with Gasteiger partial charge in [-0.2, -0.15) is 0 Å². The first-order valence-corrected chi connectivity index (χ1v) is 10.7. The number of pyridine rings is 1. The summed E-state index contributed by atoms with van der Waals surface area (Å²) in [5.41, 5.74) is 8.40. The van der Waals surface area contributed by atoms with Gasteiger partial charge in [0, 0.05) is 16.0 Å². The number of hydrogen-bond donors (Lipinski definition) is 0. The van der Waals surface area contributed by atoms with Crippen molar-refractivity contribution < 1.29 is 9.53 Å². The maximum Gasteiger partial charge on any atom is 0.419 e. The average Bonchev–Trinajstić information content (AvgIpc) is 3.14. The summed E-state index contributed by atoms with van der Waals surface area (Å²) in [5.74, 6) is 0. The Bertz CT molecular complexity index is 1060. The van der Waals surface area contributed by atoms with Crippen LogP contribution in [0.5, 0.6) is 0 Å². The minimum atomic E-state index is -0.557. The Balaban J connectivity index is 2.11. The smallest absolute Gasteiger partial charge is 0.419 e. The maximum absolute atomic E-state index is 12.6. The van der Waals surface area contributed by atoms with Crippen molar-refractivity contribution in [3.8, 4) is 22.5 Å². The van der Waals surface area contributed by atoms with Gasteiger partial charge in [0.1, 0.15) is 5.60 Å². The lowest BCUT2D eigenvalue weighted by molar-refractivity contribution is 0.0540. The van der Waals surface area contributed by atoms with E-state index in [4.69, 9.17) is 4.74 Å². The number of hydrogen-bond acceptors (Lipinski definition) is 3. The molecule has 152 valence electrons. The molecule has 4 nitrogen and oxygen atoms in total. The lowest BCUT2D eigenvalue weighted by Gasteiger charge is -2.20. The number of carbonyl (C=O) groups excluding carboxylic acids is 1.